The lowest BCUT2D eigenvalue weighted by molar-refractivity contribution is -0.146. The topological polar surface area (TPSA) is 88.3 Å². The fourth-order valence-corrected chi connectivity index (χ4v) is 6.57. The molecule has 0 unspecified atom stereocenters. The van der Waals surface area contributed by atoms with Crippen LogP contribution in [0.15, 0.2) is 72.8 Å². The number of halogens is 1. The second-order valence-corrected chi connectivity index (χ2v) is 12.0. The minimum Gasteiger partial charge on any atom is -0.494 e. The van der Waals surface area contributed by atoms with E-state index in [9.17, 15) is 9.59 Å². The zero-order valence-electron chi connectivity index (χ0n) is 25.5. The molecule has 8 nitrogen and oxygen atoms in total. The van der Waals surface area contributed by atoms with E-state index in [0.29, 0.717) is 19.7 Å². The van der Waals surface area contributed by atoms with Gasteiger partial charge in [-0.2, -0.15) is 0 Å². The van der Waals surface area contributed by atoms with Gasteiger partial charge >= 0.3 is 6.09 Å². The van der Waals surface area contributed by atoms with E-state index in [4.69, 9.17) is 26.8 Å². The number of amides is 2. The normalized spacial score (nSPS) is 17.3. The molecule has 2 fully saturated rings. The van der Waals surface area contributed by atoms with E-state index < -0.39 is 12.2 Å². The van der Waals surface area contributed by atoms with Crippen molar-refractivity contribution in [1.82, 2.24) is 14.7 Å². The van der Waals surface area contributed by atoms with E-state index in [-0.39, 0.29) is 11.8 Å². The fourth-order valence-electron chi connectivity index (χ4n) is 6.38. The summed E-state index contributed by atoms with van der Waals surface area (Å²) in [6.07, 6.45) is 0.649. The summed E-state index contributed by atoms with van der Waals surface area (Å²) in [4.78, 5) is 32.1. The Morgan fingerprint density at radius 3 is 2.30 bits per heavy atom. The van der Waals surface area contributed by atoms with Crippen molar-refractivity contribution in [3.63, 3.8) is 0 Å². The number of hydrogen-bond acceptors (Lipinski definition) is 6. The van der Waals surface area contributed by atoms with E-state index in [1.807, 2.05) is 54.3 Å². The number of hydrogen-bond donors (Lipinski definition) is 1. The number of primary amides is 1. The number of carbonyl (C=O) groups is 2. The van der Waals surface area contributed by atoms with Crippen LogP contribution in [0.2, 0.25) is 5.02 Å². The van der Waals surface area contributed by atoms with Crippen LogP contribution in [0.4, 0.5) is 4.79 Å². The van der Waals surface area contributed by atoms with Crippen LogP contribution in [0.3, 0.4) is 0 Å². The van der Waals surface area contributed by atoms with Crippen LogP contribution < -0.4 is 10.5 Å². The number of rotatable bonds is 11. The Balaban J connectivity index is 1.14. The lowest BCUT2D eigenvalue weighted by Crippen LogP contribution is -2.54. The molecule has 0 spiro atoms. The van der Waals surface area contributed by atoms with Crippen LogP contribution in [-0.4, -0.2) is 85.2 Å². The minimum absolute atomic E-state index is 0.0617. The van der Waals surface area contributed by atoms with E-state index >= 15 is 0 Å². The van der Waals surface area contributed by atoms with Crippen LogP contribution in [0.1, 0.15) is 30.9 Å². The van der Waals surface area contributed by atoms with E-state index in [2.05, 4.69) is 40.1 Å². The summed E-state index contributed by atoms with van der Waals surface area (Å²) in [6, 6.07) is 24.5. The van der Waals surface area contributed by atoms with Gasteiger partial charge in [-0.25, -0.2) is 4.79 Å². The molecule has 0 radical (unpaired) electrons. The summed E-state index contributed by atoms with van der Waals surface area (Å²) in [5.41, 5.74) is 10.2. The summed E-state index contributed by atoms with van der Waals surface area (Å²) < 4.78 is 11.3. The van der Waals surface area contributed by atoms with Crippen LogP contribution in [0, 0.1) is 5.92 Å². The third kappa shape index (κ3) is 8.31. The summed E-state index contributed by atoms with van der Waals surface area (Å²) in [6.45, 7) is 8.54. The Bertz CT molecular complexity index is 1390. The van der Waals surface area contributed by atoms with Crippen LogP contribution in [-0.2, 0) is 22.5 Å². The molecule has 44 heavy (non-hydrogen) atoms. The van der Waals surface area contributed by atoms with Gasteiger partial charge in [0.1, 0.15) is 5.75 Å². The number of nitrogens with two attached hydrogens (primary N) is 1. The standard InChI is InChI=1S/C35H43ClN4O4/c1-2-43-32-11-7-6-10-29(32)25-39-20-22-40(23-21-39)34(41)33(44-35(37)42)27-14-17-38(18-15-27)19-16-28-24-30(36)12-13-31(28)26-8-4-3-5-9-26/h3-13,24,27,33H,2,14-23,25H2,1H3,(H2,37,42)/t33-/m1/s1. The maximum atomic E-state index is 13.7. The quantitative estimate of drug-likeness (QED) is 0.307. The summed E-state index contributed by atoms with van der Waals surface area (Å²) in [5.74, 6) is 0.704. The first-order chi connectivity index (χ1) is 21.4. The molecular formula is C35H43ClN4O4. The van der Waals surface area contributed by atoms with Gasteiger partial charge in [0.25, 0.3) is 5.91 Å². The highest BCUT2D eigenvalue weighted by atomic mass is 35.5. The highest BCUT2D eigenvalue weighted by molar-refractivity contribution is 6.30. The Morgan fingerprint density at radius 1 is 0.886 bits per heavy atom. The zero-order chi connectivity index (χ0) is 30.9. The van der Waals surface area contributed by atoms with Crippen molar-refractivity contribution in [2.24, 2.45) is 11.7 Å². The highest BCUT2D eigenvalue weighted by Crippen LogP contribution is 2.29. The fraction of sp³-hybridized carbons (Fsp3) is 0.429. The number of piperidine rings is 1. The van der Waals surface area contributed by atoms with Gasteiger partial charge in [0, 0.05) is 55.8 Å². The molecule has 3 aromatic rings. The maximum Gasteiger partial charge on any atom is 0.405 e. The number of ether oxygens (including phenoxy) is 2. The maximum absolute atomic E-state index is 13.7. The molecule has 0 aromatic heterocycles. The molecule has 2 aliphatic heterocycles. The Hall–Kier alpha value is -3.59. The van der Waals surface area contributed by atoms with Crippen molar-refractivity contribution in [3.05, 3.63) is 88.9 Å². The molecule has 1 atom stereocenters. The third-order valence-electron chi connectivity index (χ3n) is 8.75. The average Bonchev–Trinajstić information content (AvgIpc) is 3.04. The molecule has 2 saturated heterocycles. The van der Waals surface area contributed by atoms with Gasteiger partial charge in [0.05, 0.1) is 6.61 Å². The van der Waals surface area contributed by atoms with Gasteiger partial charge in [-0.3, -0.25) is 9.69 Å². The molecule has 0 aliphatic carbocycles. The molecule has 2 amide bonds. The van der Waals surface area contributed by atoms with Crippen LogP contribution in [0.25, 0.3) is 11.1 Å². The molecule has 2 aliphatic rings. The smallest absolute Gasteiger partial charge is 0.405 e. The Labute approximate surface area is 265 Å². The first kappa shape index (κ1) is 31.8. The molecular weight excluding hydrogens is 576 g/mol. The highest BCUT2D eigenvalue weighted by Gasteiger charge is 2.37. The summed E-state index contributed by atoms with van der Waals surface area (Å²) >= 11 is 6.37. The number of nitrogens with zero attached hydrogens (tertiary/aromatic N) is 3. The third-order valence-corrected chi connectivity index (χ3v) is 8.98. The van der Waals surface area contributed by atoms with Gasteiger partial charge in [0.15, 0.2) is 6.10 Å². The van der Waals surface area contributed by atoms with Gasteiger partial charge in [0.2, 0.25) is 0 Å². The number of carbonyl (C=O) groups excluding carboxylic acids is 2. The first-order valence-corrected chi connectivity index (χ1v) is 16.0. The van der Waals surface area contributed by atoms with Crippen LogP contribution >= 0.6 is 11.6 Å². The average molecular weight is 619 g/mol. The number of likely N-dealkylation sites (tertiary alicyclic amines) is 1. The van der Waals surface area contributed by atoms with Crippen molar-refractivity contribution in [1.29, 1.82) is 0 Å². The van der Waals surface area contributed by atoms with Crippen molar-refractivity contribution in [3.8, 4) is 16.9 Å². The second-order valence-electron chi connectivity index (χ2n) is 11.6. The SMILES string of the molecule is CCOc1ccccc1CN1CCN(C(=O)[C@H](OC(N)=O)C2CCN(CCc3cc(Cl)ccc3-c3ccccc3)CC2)CC1. The molecule has 0 saturated carbocycles. The first-order valence-electron chi connectivity index (χ1n) is 15.7. The van der Waals surface area contributed by atoms with Crippen LogP contribution in [0.5, 0.6) is 5.75 Å². The Kier molecular flexibility index (Phi) is 11.2. The number of benzene rings is 3. The molecule has 9 heteroatoms. The predicted octanol–water partition coefficient (Wildman–Crippen LogP) is 5.47. The lowest BCUT2D eigenvalue weighted by Gasteiger charge is -2.39. The molecule has 0 bridgehead atoms. The largest absolute Gasteiger partial charge is 0.494 e. The zero-order valence-corrected chi connectivity index (χ0v) is 26.3. The van der Waals surface area contributed by atoms with Crippen molar-refractivity contribution in [2.75, 3.05) is 52.4 Å². The lowest BCUT2D eigenvalue weighted by atomic mass is 9.89. The van der Waals surface area contributed by atoms with E-state index in [1.54, 1.807) is 0 Å². The molecule has 234 valence electrons. The molecule has 2 heterocycles. The number of piperazine rings is 1. The van der Waals surface area contributed by atoms with Gasteiger partial charge in [-0.05, 0) is 74.2 Å². The number of para-hydroxylation sites is 1. The van der Waals surface area contributed by atoms with E-state index in [0.717, 1.165) is 74.9 Å². The van der Waals surface area contributed by atoms with Crippen molar-refractivity contribution >= 4 is 23.6 Å². The van der Waals surface area contributed by atoms with Crippen molar-refractivity contribution in [2.45, 2.75) is 38.8 Å². The minimum atomic E-state index is -0.897. The van der Waals surface area contributed by atoms with Gasteiger partial charge in [-0.1, -0.05) is 66.2 Å². The molecule has 2 N–H and O–H groups in total. The monoisotopic (exact) mass is 618 g/mol. The summed E-state index contributed by atoms with van der Waals surface area (Å²) in [5, 5.41) is 0.736. The molecule has 3 aromatic carbocycles. The predicted molar refractivity (Wildman–Crippen MR) is 174 cm³/mol. The van der Waals surface area contributed by atoms with Gasteiger partial charge in [-0.15, -0.1) is 0 Å². The summed E-state index contributed by atoms with van der Waals surface area (Å²) in [7, 11) is 0. The van der Waals surface area contributed by atoms with E-state index in [1.165, 1.54) is 16.7 Å². The van der Waals surface area contributed by atoms with Gasteiger partial charge < -0.3 is 25.0 Å². The Morgan fingerprint density at radius 2 is 1.59 bits per heavy atom. The van der Waals surface area contributed by atoms with Crippen molar-refractivity contribution < 1.29 is 19.1 Å². The second kappa shape index (κ2) is 15.4. The molecule has 5 rings (SSSR count).